The molecule has 2 atom stereocenters. The highest BCUT2D eigenvalue weighted by molar-refractivity contribution is 7.92. The third-order valence-corrected chi connectivity index (χ3v) is 9.46. The Hall–Kier alpha value is -4.43. The zero-order valence-corrected chi connectivity index (χ0v) is 25.4. The smallest absolute Gasteiger partial charge is 0.476 e. The van der Waals surface area contributed by atoms with E-state index in [2.05, 4.69) is 24.7 Å². The second-order valence-electron chi connectivity index (χ2n) is 11.5. The molecule has 3 heterocycles. The Morgan fingerprint density at radius 3 is 2.56 bits per heavy atom. The van der Waals surface area contributed by atoms with Gasteiger partial charge >= 0.3 is 6.36 Å². The zero-order chi connectivity index (χ0) is 32.1. The fraction of sp³-hybridized carbons (Fsp3) is 0.323. The number of nitrogens with zero attached hydrogens (tertiary/aromatic N) is 3. The van der Waals surface area contributed by atoms with E-state index in [4.69, 9.17) is 4.74 Å². The van der Waals surface area contributed by atoms with Crippen LogP contribution in [-0.4, -0.2) is 62.8 Å². The van der Waals surface area contributed by atoms with E-state index in [-0.39, 0.29) is 30.0 Å². The minimum Gasteiger partial charge on any atom is -0.476 e. The summed E-state index contributed by atoms with van der Waals surface area (Å²) in [7, 11) is -0.799. The van der Waals surface area contributed by atoms with Crippen LogP contribution in [-0.2, 0) is 20.2 Å². The zero-order valence-electron chi connectivity index (χ0n) is 24.6. The second kappa shape index (κ2) is 11.2. The Morgan fingerprint density at radius 2 is 1.84 bits per heavy atom. The van der Waals surface area contributed by atoms with E-state index < -0.39 is 32.4 Å². The molecule has 1 aliphatic carbocycles. The highest BCUT2D eigenvalue weighted by Gasteiger charge is 2.63. The normalized spacial score (nSPS) is 19.1. The summed E-state index contributed by atoms with van der Waals surface area (Å²) in [6.45, 7) is 2.94. The molecule has 45 heavy (non-hydrogen) atoms. The summed E-state index contributed by atoms with van der Waals surface area (Å²) in [5, 5.41) is 3.74. The van der Waals surface area contributed by atoms with Crippen molar-refractivity contribution in [2.24, 2.45) is 5.92 Å². The molecule has 1 spiro atoms. The molecule has 10 nitrogen and oxygen atoms in total. The lowest BCUT2D eigenvalue weighted by Gasteiger charge is -2.17. The lowest BCUT2D eigenvalue weighted by atomic mass is 9.91. The maximum absolute atomic E-state index is 13.5. The summed E-state index contributed by atoms with van der Waals surface area (Å²) in [6, 6.07) is 11.5. The average Bonchev–Trinajstić information content (AvgIpc) is 3.56. The average molecular weight is 642 g/mol. The van der Waals surface area contributed by atoms with E-state index in [1.807, 2.05) is 38.1 Å². The number of amides is 1. The van der Waals surface area contributed by atoms with Gasteiger partial charge in [-0.25, -0.2) is 13.4 Å². The van der Waals surface area contributed by atoms with Crippen LogP contribution in [0.5, 0.6) is 11.6 Å². The number of halogens is 3. The summed E-state index contributed by atoms with van der Waals surface area (Å²) >= 11 is 0. The number of benzene rings is 2. The number of carbonyl (C=O) groups excluding carboxylic acids is 1. The van der Waals surface area contributed by atoms with Gasteiger partial charge in [-0.15, -0.1) is 13.2 Å². The first kappa shape index (κ1) is 30.6. The van der Waals surface area contributed by atoms with Crippen molar-refractivity contribution >= 4 is 38.2 Å². The summed E-state index contributed by atoms with van der Waals surface area (Å²) in [6.07, 6.45) is -0.582. The molecule has 2 N–H and O–H groups in total. The molecular formula is C31H30F3N5O5S. The maximum atomic E-state index is 13.5. The predicted molar refractivity (Wildman–Crippen MR) is 162 cm³/mol. The van der Waals surface area contributed by atoms with Crippen molar-refractivity contribution in [2.45, 2.75) is 36.4 Å². The van der Waals surface area contributed by atoms with Crippen molar-refractivity contribution in [3.8, 4) is 22.8 Å². The number of pyridine rings is 2. The van der Waals surface area contributed by atoms with Gasteiger partial charge in [0.1, 0.15) is 16.3 Å². The van der Waals surface area contributed by atoms with Crippen LogP contribution in [0.4, 0.5) is 24.5 Å². The highest BCUT2D eigenvalue weighted by atomic mass is 32.2. The fourth-order valence-corrected chi connectivity index (χ4v) is 6.99. The van der Waals surface area contributed by atoms with Crippen LogP contribution in [0, 0.1) is 5.92 Å². The van der Waals surface area contributed by atoms with Gasteiger partial charge in [0.05, 0.1) is 29.4 Å². The van der Waals surface area contributed by atoms with Crippen molar-refractivity contribution in [1.29, 1.82) is 0 Å². The number of hydrogen-bond donors (Lipinski definition) is 2. The Morgan fingerprint density at radius 1 is 1.09 bits per heavy atom. The number of rotatable bonds is 10. The van der Waals surface area contributed by atoms with Gasteiger partial charge in [0.2, 0.25) is 11.8 Å². The van der Waals surface area contributed by atoms with Gasteiger partial charge in [-0.2, -0.15) is 0 Å². The number of aromatic nitrogens is 2. The van der Waals surface area contributed by atoms with Crippen LogP contribution in [0.25, 0.3) is 22.0 Å². The molecule has 1 fully saturated rings. The van der Waals surface area contributed by atoms with E-state index in [1.54, 1.807) is 12.3 Å². The predicted octanol–water partition coefficient (Wildman–Crippen LogP) is 5.56. The van der Waals surface area contributed by atoms with Crippen LogP contribution >= 0.6 is 0 Å². The minimum atomic E-state index is -5.10. The number of ether oxygens (including phenoxy) is 2. The van der Waals surface area contributed by atoms with Crippen LogP contribution in [0.3, 0.4) is 0 Å². The first-order valence-electron chi connectivity index (χ1n) is 14.2. The molecule has 14 heteroatoms. The number of fused-ring (bicyclic) bond motifs is 4. The molecular weight excluding hydrogens is 611 g/mol. The van der Waals surface area contributed by atoms with Gasteiger partial charge < -0.3 is 19.7 Å². The lowest BCUT2D eigenvalue weighted by Crippen LogP contribution is -2.21. The first-order chi connectivity index (χ1) is 21.3. The number of carbonyl (C=O) groups is 1. The third kappa shape index (κ3) is 5.87. The van der Waals surface area contributed by atoms with Gasteiger partial charge in [0.25, 0.3) is 10.0 Å². The summed E-state index contributed by atoms with van der Waals surface area (Å²) in [5.74, 6) is -0.797. The standard InChI is InChI=1S/C31H30F3N5O5S/c1-18-15-30(18)27-21-13-19(9-10-22(21)35-17-24(27)37-29(30)40)20-14-23(28(36-16-20)43-12-6-11-39(2)3)38-45(41,42)26-8-5-4-7-25(26)44-31(32,33)34/h4-5,7-10,13-14,16-18,38H,6,11-12,15H2,1-3H3,(H,37,40). The largest absolute Gasteiger partial charge is 0.573 e. The molecule has 0 radical (unpaired) electrons. The first-order valence-corrected chi connectivity index (χ1v) is 15.7. The summed E-state index contributed by atoms with van der Waals surface area (Å²) in [4.78, 5) is 23.0. The Kier molecular flexibility index (Phi) is 7.60. The topological polar surface area (TPSA) is 123 Å². The maximum Gasteiger partial charge on any atom is 0.573 e. The van der Waals surface area contributed by atoms with Gasteiger partial charge in [-0.05, 0) is 68.8 Å². The minimum absolute atomic E-state index is 0.0424. The number of anilines is 2. The van der Waals surface area contributed by atoms with Gasteiger partial charge in [0, 0.05) is 29.3 Å². The summed E-state index contributed by atoms with van der Waals surface area (Å²) in [5.41, 5.74) is 2.74. The number of nitrogens with one attached hydrogen (secondary N) is 2. The number of alkyl halides is 3. The SMILES string of the molecule is CC1CC12C(=O)Nc1cnc3ccc(-c4cnc(OCCCN(C)C)c(NS(=O)(=O)c5ccccc5OC(F)(F)F)c4)cc3c12. The summed E-state index contributed by atoms with van der Waals surface area (Å²) < 4.78 is 78.3. The van der Waals surface area contributed by atoms with E-state index in [1.165, 1.54) is 24.4 Å². The van der Waals surface area contributed by atoms with Crippen molar-refractivity contribution in [1.82, 2.24) is 14.9 Å². The molecule has 2 unspecified atom stereocenters. The molecule has 2 aromatic carbocycles. The van der Waals surface area contributed by atoms with Gasteiger partial charge in [-0.1, -0.05) is 25.1 Å². The molecule has 0 saturated heterocycles. The highest BCUT2D eigenvalue weighted by Crippen LogP contribution is 2.61. The van der Waals surface area contributed by atoms with Crippen molar-refractivity contribution < 1.29 is 35.9 Å². The number of sulfonamides is 1. The molecule has 4 aromatic rings. The quantitative estimate of drug-likeness (QED) is 0.216. The van der Waals surface area contributed by atoms with Crippen molar-refractivity contribution in [3.05, 3.63) is 66.5 Å². The van der Waals surface area contributed by atoms with Crippen LogP contribution in [0.2, 0.25) is 0 Å². The second-order valence-corrected chi connectivity index (χ2v) is 13.1. The van der Waals surface area contributed by atoms with Gasteiger partial charge in [-0.3, -0.25) is 14.5 Å². The number of para-hydroxylation sites is 1. The molecule has 6 rings (SSSR count). The molecule has 1 saturated carbocycles. The Balaban J connectivity index is 1.40. The van der Waals surface area contributed by atoms with E-state index in [0.29, 0.717) is 35.3 Å². The molecule has 1 aliphatic heterocycles. The molecule has 2 aromatic heterocycles. The fourth-order valence-electron chi connectivity index (χ4n) is 5.81. The lowest BCUT2D eigenvalue weighted by molar-refractivity contribution is -0.275. The van der Waals surface area contributed by atoms with Crippen LogP contribution in [0.15, 0.2) is 65.8 Å². The van der Waals surface area contributed by atoms with Crippen LogP contribution in [0.1, 0.15) is 25.3 Å². The Bertz CT molecular complexity index is 1920. The number of hydrogen-bond acceptors (Lipinski definition) is 8. The van der Waals surface area contributed by atoms with Crippen molar-refractivity contribution in [3.63, 3.8) is 0 Å². The molecule has 0 bridgehead atoms. The van der Waals surface area contributed by atoms with Gasteiger partial charge in [0.15, 0.2) is 0 Å². The molecule has 1 amide bonds. The van der Waals surface area contributed by atoms with Crippen molar-refractivity contribution in [2.75, 3.05) is 37.3 Å². The van der Waals surface area contributed by atoms with E-state index in [0.717, 1.165) is 29.5 Å². The molecule has 2 aliphatic rings. The monoisotopic (exact) mass is 641 g/mol. The van der Waals surface area contributed by atoms with Crippen LogP contribution < -0.4 is 19.5 Å². The third-order valence-electron chi connectivity index (χ3n) is 8.06. The molecule has 236 valence electrons. The van der Waals surface area contributed by atoms with E-state index >= 15 is 0 Å². The Labute approximate surface area is 257 Å². The van der Waals surface area contributed by atoms with E-state index in [9.17, 15) is 26.4 Å².